The van der Waals surface area contributed by atoms with Gasteiger partial charge in [-0.15, -0.1) is 0 Å². The molecular formula is C58H104O15. The summed E-state index contributed by atoms with van der Waals surface area (Å²) in [6.45, 7) is 2.56. The Balaban J connectivity index is 1.75. The molecule has 0 saturated carbocycles. The average Bonchev–Trinajstić information content (AvgIpc) is 3.38. The van der Waals surface area contributed by atoms with E-state index >= 15 is 0 Å². The molecule has 73 heavy (non-hydrogen) atoms. The van der Waals surface area contributed by atoms with Crippen LogP contribution >= 0.6 is 0 Å². The number of ether oxygens (including phenoxy) is 6. The van der Waals surface area contributed by atoms with Crippen molar-refractivity contribution in [3.63, 3.8) is 0 Å². The average molecular weight is 1040 g/mol. The van der Waals surface area contributed by atoms with Crippen molar-refractivity contribution in [3.8, 4) is 0 Å². The van der Waals surface area contributed by atoms with Crippen molar-refractivity contribution >= 4 is 11.9 Å². The summed E-state index contributed by atoms with van der Waals surface area (Å²) in [6.07, 6.45) is 33.3. The number of esters is 2. The number of allylic oxidation sites excluding steroid dienone is 6. The van der Waals surface area contributed by atoms with Crippen LogP contribution < -0.4 is 0 Å². The first kappa shape index (κ1) is 66.8. The molecule has 0 amide bonds. The Morgan fingerprint density at radius 2 is 0.808 bits per heavy atom. The molecule has 11 atom stereocenters. The first-order chi connectivity index (χ1) is 35.5. The summed E-state index contributed by atoms with van der Waals surface area (Å²) < 4.78 is 33.6. The van der Waals surface area contributed by atoms with Gasteiger partial charge in [0.05, 0.1) is 19.8 Å². The second-order valence-corrected chi connectivity index (χ2v) is 20.5. The van der Waals surface area contributed by atoms with E-state index in [-0.39, 0.29) is 19.4 Å². The van der Waals surface area contributed by atoms with Crippen molar-refractivity contribution < 1.29 is 73.8 Å². The van der Waals surface area contributed by atoms with Gasteiger partial charge in [-0.2, -0.15) is 0 Å². The van der Waals surface area contributed by atoms with Crippen LogP contribution in [-0.2, 0) is 38.0 Å². The Hall–Kier alpha value is -2.28. The fourth-order valence-corrected chi connectivity index (χ4v) is 9.06. The van der Waals surface area contributed by atoms with E-state index in [2.05, 4.69) is 50.3 Å². The van der Waals surface area contributed by atoms with Gasteiger partial charge in [0.2, 0.25) is 0 Å². The zero-order valence-corrected chi connectivity index (χ0v) is 45.4. The zero-order chi connectivity index (χ0) is 53.2. The van der Waals surface area contributed by atoms with Crippen molar-refractivity contribution in [1.29, 1.82) is 0 Å². The molecule has 2 heterocycles. The van der Waals surface area contributed by atoms with Crippen LogP contribution in [0, 0.1) is 0 Å². The van der Waals surface area contributed by atoms with Gasteiger partial charge in [-0.3, -0.25) is 9.59 Å². The Morgan fingerprint density at radius 3 is 1.29 bits per heavy atom. The summed E-state index contributed by atoms with van der Waals surface area (Å²) >= 11 is 0. The first-order valence-corrected chi connectivity index (χ1v) is 29.1. The lowest BCUT2D eigenvalue weighted by atomic mass is 9.98. The van der Waals surface area contributed by atoms with Gasteiger partial charge >= 0.3 is 11.9 Å². The minimum atomic E-state index is -1.77. The number of rotatable bonds is 46. The molecule has 0 aromatic rings. The van der Waals surface area contributed by atoms with Gasteiger partial charge < -0.3 is 64.2 Å². The Bertz CT molecular complexity index is 1410. The summed E-state index contributed by atoms with van der Waals surface area (Å²) in [5.41, 5.74) is 0. The number of carbonyl (C=O) groups is 2. The quantitative estimate of drug-likeness (QED) is 0.0171. The van der Waals surface area contributed by atoms with Gasteiger partial charge in [0, 0.05) is 12.8 Å². The molecule has 2 rings (SSSR count). The van der Waals surface area contributed by atoms with Gasteiger partial charge in [0.1, 0.15) is 55.4 Å². The Labute approximate surface area is 440 Å². The van der Waals surface area contributed by atoms with Crippen LogP contribution in [0.3, 0.4) is 0 Å². The van der Waals surface area contributed by atoms with Crippen LogP contribution in [0.4, 0.5) is 0 Å². The smallest absolute Gasteiger partial charge is 0.306 e. The molecule has 2 aliphatic heterocycles. The standard InChI is InChI=1S/C58H104O15/c1-3-5-7-9-11-13-15-17-19-20-21-22-23-24-25-26-27-29-30-32-34-36-38-40-49(60)68-43-46(71-50(61)41-39-37-35-33-31-28-18-16-14-12-10-8-6-4-2)44-69-57-56(67)54(65)52(63)48(73-57)45-70-58-55(66)53(64)51(62)47(42-59)72-58/h16,18,26-27,32,34,46-48,51-59,62-67H,3-15,17,19-25,28-31,33,35-45H2,1-2H3/b18-16+,27-26+,34-32+/t46-,47+,48+,51-,52-,53?,54?,55?,56?,57+,58+/m0/s1. The van der Waals surface area contributed by atoms with Crippen molar-refractivity contribution in [2.75, 3.05) is 26.4 Å². The summed E-state index contributed by atoms with van der Waals surface area (Å²) in [6, 6.07) is 0. The van der Waals surface area contributed by atoms with Crippen LogP contribution in [-0.4, -0.2) is 142 Å². The molecule has 2 saturated heterocycles. The molecular weight excluding hydrogens is 937 g/mol. The maximum Gasteiger partial charge on any atom is 0.306 e. The summed E-state index contributed by atoms with van der Waals surface area (Å²) in [7, 11) is 0. The van der Waals surface area contributed by atoms with Crippen LogP contribution in [0.15, 0.2) is 36.5 Å². The highest BCUT2D eigenvalue weighted by molar-refractivity contribution is 5.70. The molecule has 15 nitrogen and oxygen atoms in total. The molecule has 2 aliphatic rings. The van der Waals surface area contributed by atoms with Gasteiger partial charge in [-0.1, -0.05) is 179 Å². The number of aliphatic hydroxyl groups excluding tert-OH is 7. The van der Waals surface area contributed by atoms with Crippen LogP contribution in [0.5, 0.6) is 0 Å². The van der Waals surface area contributed by atoms with Crippen LogP contribution in [0.1, 0.15) is 226 Å². The van der Waals surface area contributed by atoms with Gasteiger partial charge in [-0.25, -0.2) is 0 Å². The molecule has 0 radical (unpaired) electrons. The lowest BCUT2D eigenvalue weighted by molar-refractivity contribution is -0.332. The summed E-state index contributed by atoms with van der Waals surface area (Å²) in [5.74, 6) is -0.978. The fourth-order valence-electron chi connectivity index (χ4n) is 9.06. The second-order valence-electron chi connectivity index (χ2n) is 20.5. The maximum absolute atomic E-state index is 13.0. The number of aliphatic hydroxyl groups is 7. The third-order valence-corrected chi connectivity index (χ3v) is 13.8. The van der Waals surface area contributed by atoms with E-state index in [1.165, 1.54) is 122 Å². The number of hydrogen-bond acceptors (Lipinski definition) is 15. The molecule has 0 aromatic heterocycles. The maximum atomic E-state index is 13.0. The highest BCUT2D eigenvalue weighted by Gasteiger charge is 2.47. The third kappa shape index (κ3) is 32.2. The highest BCUT2D eigenvalue weighted by Crippen LogP contribution is 2.27. The van der Waals surface area contributed by atoms with Crippen molar-refractivity contribution in [2.45, 2.75) is 293 Å². The lowest BCUT2D eigenvalue weighted by Crippen LogP contribution is -2.61. The van der Waals surface area contributed by atoms with Gasteiger partial charge in [0.25, 0.3) is 0 Å². The number of hydrogen-bond donors (Lipinski definition) is 7. The van der Waals surface area contributed by atoms with Crippen molar-refractivity contribution in [3.05, 3.63) is 36.5 Å². The minimum Gasteiger partial charge on any atom is -0.462 e. The number of unbranched alkanes of at least 4 members (excludes halogenated alkanes) is 26. The van der Waals surface area contributed by atoms with E-state index in [9.17, 15) is 45.3 Å². The lowest BCUT2D eigenvalue weighted by Gasteiger charge is -2.42. The number of carbonyl (C=O) groups excluding carboxylic acids is 2. The van der Waals surface area contributed by atoms with Crippen LogP contribution in [0.25, 0.3) is 0 Å². The van der Waals surface area contributed by atoms with E-state index in [1.54, 1.807) is 0 Å². The van der Waals surface area contributed by atoms with E-state index in [0.717, 1.165) is 57.8 Å². The zero-order valence-electron chi connectivity index (χ0n) is 45.4. The summed E-state index contributed by atoms with van der Waals surface area (Å²) in [4.78, 5) is 25.8. The van der Waals surface area contributed by atoms with E-state index in [0.29, 0.717) is 19.3 Å². The topological polar surface area (TPSA) is 231 Å². The Kier molecular flexibility index (Phi) is 41.0. The first-order valence-electron chi connectivity index (χ1n) is 29.1. The molecule has 15 heteroatoms. The van der Waals surface area contributed by atoms with Gasteiger partial charge in [0.15, 0.2) is 18.7 Å². The molecule has 426 valence electrons. The van der Waals surface area contributed by atoms with E-state index in [4.69, 9.17) is 28.4 Å². The van der Waals surface area contributed by atoms with Gasteiger partial charge in [-0.05, 0) is 70.6 Å². The molecule has 7 N–H and O–H groups in total. The van der Waals surface area contributed by atoms with E-state index < -0.39 is 99.3 Å². The monoisotopic (exact) mass is 1040 g/mol. The normalized spacial score (nSPS) is 25.1. The molecule has 0 aliphatic carbocycles. The highest BCUT2D eigenvalue weighted by atomic mass is 16.7. The minimum absolute atomic E-state index is 0.148. The van der Waals surface area contributed by atoms with Crippen LogP contribution in [0.2, 0.25) is 0 Å². The summed E-state index contributed by atoms with van der Waals surface area (Å²) in [5, 5.41) is 72.2. The molecule has 0 aromatic carbocycles. The predicted molar refractivity (Wildman–Crippen MR) is 284 cm³/mol. The molecule has 4 unspecified atom stereocenters. The fraction of sp³-hybridized carbons (Fsp3) is 0.862. The van der Waals surface area contributed by atoms with E-state index in [1.807, 2.05) is 0 Å². The largest absolute Gasteiger partial charge is 0.462 e. The predicted octanol–water partition coefficient (Wildman–Crippen LogP) is 9.66. The van der Waals surface area contributed by atoms with Crippen molar-refractivity contribution in [1.82, 2.24) is 0 Å². The molecule has 0 bridgehead atoms. The Morgan fingerprint density at radius 1 is 0.425 bits per heavy atom. The van der Waals surface area contributed by atoms with Crippen molar-refractivity contribution in [2.24, 2.45) is 0 Å². The second kappa shape index (κ2) is 44.8. The SMILES string of the molecule is CCCCCCC/C=C/CCCCCCCC(=O)O[C@@H](COC(=O)CCC/C=C/CC/C=C/CCCCCCCCCCCCCCCC)CO[C@@H]1O[C@H](CO[C@@H]2O[C@H](CO)[C@H](O)C(O)C2O)[C@H](O)C(O)C1O. The third-order valence-electron chi connectivity index (χ3n) is 13.8. The molecule has 0 spiro atoms. The molecule has 2 fully saturated rings.